The Morgan fingerprint density at radius 1 is 1.21 bits per heavy atom. The molecule has 0 aliphatic heterocycles. The van der Waals surface area contributed by atoms with Gasteiger partial charge >= 0.3 is 0 Å². The van der Waals surface area contributed by atoms with Crippen LogP contribution in [-0.2, 0) is 9.84 Å². The fraction of sp³-hybridized carbons (Fsp3) is 0.235. The van der Waals surface area contributed by atoms with Crippen LogP contribution in [0, 0.1) is 0 Å². The summed E-state index contributed by atoms with van der Waals surface area (Å²) in [4.78, 5) is 25.1. The zero-order valence-corrected chi connectivity index (χ0v) is 16.6. The highest BCUT2D eigenvalue weighted by Gasteiger charge is 2.21. The van der Waals surface area contributed by atoms with Crippen molar-refractivity contribution in [1.82, 2.24) is 30.0 Å². The molecule has 146 valence electrons. The van der Waals surface area contributed by atoms with Crippen LogP contribution in [-0.4, -0.2) is 44.8 Å². The molecular weight excluding hydrogens is 404 g/mol. The Hall–Kier alpha value is -2.85. The zero-order valence-electron chi connectivity index (χ0n) is 15.1. The molecule has 3 aromatic rings. The zero-order chi connectivity index (χ0) is 20.3. The minimum atomic E-state index is -3.50. The van der Waals surface area contributed by atoms with Crippen LogP contribution in [0.2, 0.25) is 5.02 Å². The third-order valence-electron chi connectivity index (χ3n) is 3.92. The standard InChI is InChI=1S/C17H17ClN6O3S/c1-3-28(26,27)14-8-12(7-13(18)9-14)16(25)23-11(2)15-21-10-22-24(15)17-19-5-4-6-20-17/h4-11H,3H2,1-2H3,(H,23,25). The van der Waals surface area contributed by atoms with E-state index in [1.807, 2.05) is 0 Å². The monoisotopic (exact) mass is 420 g/mol. The molecule has 0 bridgehead atoms. The second-order valence-corrected chi connectivity index (χ2v) is 8.57. The lowest BCUT2D eigenvalue weighted by molar-refractivity contribution is 0.0937. The molecule has 1 N–H and O–H groups in total. The smallest absolute Gasteiger partial charge is 0.252 e. The van der Waals surface area contributed by atoms with E-state index in [1.54, 1.807) is 25.4 Å². The molecule has 0 fully saturated rings. The maximum absolute atomic E-state index is 12.7. The highest BCUT2D eigenvalue weighted by Crippen LogP contribution is 2.21. The molecule has 0 aliphatic rings. The van der Waals surface area contributed by atoms with Crippen LogP contribution in [0.3, 0.4) is 0 Å². The lowest BCUT2D eigenvalue weighted by Crippen LogP contribution is -2.29. The molecule has 2 aromatic heterocycles. The van der Waals surface area contributed by atoms with E-state index in [1.165, 1.54) is 36.1 Å². The normalized spacial score (nSPS) is 12.5. The highest BCUT2D eigenvalue weighted by molar-refractivity contribution is 7.91. The van der Waals surface area contributed by atoms with E-state index >= 15 is 0 Å². The predicted molar refractivity (Wildman–Crippen MR) is 102 cm³/mol. The van der Waals surface area contributed by atoms with Crippen LogP contribution in [0.5, 0.6) is 0 Å². The Bertz CT molecular complexity index is 1100. The lowest BCUT2D eigenvalue weighted by Gasteiger charge is -2.14. The summed E-state index contributed by atoms with van der Waals surface area (Å²) in [6.45, 7) is 3.24. The summed E-state index contributed by atoms with van der Waals surface area (Å²) >= 11 is 6.01. The van der Waals surface area contributed by atoms with Gasteiger partial charge in [-0.05, 0) is 31.2 Å². The van der Waals surface area contributed by atoms with Gasteiger partial charge in [0, 0.05) is 23.0 Å². The van der Waals surface area contributed by atoms with E-state index in [-0.39, 0.29) is 21.2 Å². The molecule has 0 saturated heterocycles. The molecule has 1 aromatic carbocycles. The average molecular weight is 421 g/mol. The van der Waals surface area contributed by atoms with Crippen molar-refractivity contribution in [3.63, 3.8) is 0 Å². The minimum Gasteiger partial charge on any atom is -0.342 e. The van der Waals surface area contributed by atoms with Gasteiger partial charge in [0.2, 0.25) is 0 Å². The summed E-state index contributed by atoms with van der Waals surface area (Å²) in [5, 5.41) is 7.01. The molecule has 11 heteroatoms. The number of hydrogen-bond acceptors (Lipinski definition) is 7. The van der Waals surface area contributed by atoms with Gasteiger partial charge in [-0.2, -0.15) is 9.78 Å². The number of aromatic nitrogens is 5. The highest BCUT2D eigenvalue weighted by atomic mass is 35.5. The number of benzene rings is 1. The van der Waals surface area contributed by atoms with Crippen molar-refractivity contribution in [2.75, 3.05) is 5.75 Å². The number of rotatable bonds is 6. The van der Waals surface area contributed by atoms with Crippen molar-refractivity contribution in [3.8, 4) is 5.95 Å². The molecular formula is C17H17ClN6O3S. The number of sulfone groups is 1. The van der Waals surface area contributed by atoms with Crippen molar-refractivity contribution in [1.29, 1.82) is 0 Å². The van der Waals surface area contributed by atoms with Gasteiger partial charge in [-0.15, -0.1) is 0 Å². The number of nitrogens with one attached hydrogen (secondary N) is 1. The van der Waals surface area contributed by atoms with E-state index in [2.05, 4.69) is 25.4 Å². The van der Waals surface area contributed by atoms with Crippen LogP contribution in [0.4, 0.5) is 0 Å². The summed E-state index contributed by atoms with van der Waals surface area (Å²) in [6.07, 6.45) is 4.47. The van der Waals surface area contributed by atoms with Crippen LogP contribution in [0.25, 0.3) is 5.95 Å². The molecule has 3 rings (SSSR count). The van der Waals surface area contributed by atoms with Gasteiger partial charge in [0.15, 0.2) is 15.7 Å². The number of amides is 1. The molecule has 1 amide bonds. The Morgan fingerprint density at radius 3 is 2.61 bits per heavy atom. The lowest BCUT2D eigenvalue weighted by atomic mass is 10.2. The molecule has 0 spiro atoms. The summed E-state index contributed by atoms with van der Waals surface area (Å²) in [5.74, 6) is 0.148. The molecule has 0 saturated carbocycles. The van der Waals surface area contributed by atoms with E-state index < -0.39 is 21.8 Å². The van der Waals surface area contributed by atoms with Crippen molar-refractivity contribution >= 4 is 27.3 Å². The Balaban J connectivity index is 1.86. The second kappa shape index (κ2) is 8.03. The van der Waals surface area contributed by atoms with Crippen molar-refractivity contribution in [3.05, 3.63) is 59.4 Å². The van der Waals surface area contributed by atoms with E-state index in [0.717, 1.165) is 0 Å². The van der Waals surface area contributed by atoms with Gasteiger partial charge in [-0.25, -0.2) is 23.4 Å². The third-order valence-corrected chi connectivity index (χ3v) is 5.86. The van der Waals surface area contributed by atoms with Gasteiger partial charge in [0.25, 0.3) is 11.9 Å². The van der Waals surface area contributed by atoms with Crippen LogP contribution >= 0.6 is 11.6 Å². The third kappa shape index (κ3) is 4.18. The molecule has 1 unspecified atom stereocenters. The maximum atomic E-state index is 12.7. The average Bonchev–Trinajstić information content (AvgIpc) is 3.18. The van der Waals surface area contributed by atoms with Crippen LogP contribution < -0.4 is 5.32 Å². The van der Waals surface area contributed by atoms with Gasteiger partial charge in [-0.1, -0.05) is 18.5 Å². The predicted octanol–water partition coefficient (Wildman–Crippen LogP) is 2.00. The molecule has 1 atom stereocenters. The summed E-state index contributed by atoms with van der Waals surface area (Å²) in [5.41, 5.74) is 0.133. The second-order valence-electron chi connectivity index (χ2n) is 5.85. The maximum Gasteiger partial charge on any atom is 0.252 e. The fourth-order valence-corrected chi connectivity index (χ4v) is 3.73. The number of carbonyl (C=O) groups excluding carboxylic acids is 1. The first-order valence-corrected chi connectivity index (χ1v) is 10.4. The first-order chi connectivity index (χ1) is 13.3. The van der Waals surface area contributed by atoms with Gasteiger partial charge in [0.05, 0.1) is 16.7 Å². The molecule has 0 radical (unpaired) electrons. The van der Waals surface area contributed by atoms with Crippen molar-refractivity contribution in [2.45, 2.75) is 24.8 Å². The number of hydrogen-bond donors (Lipinski definition) is 1. The van der Waals surface area contributed by atoms with E-state index in [9.17, 15) is 13.2 Å². The molecule has 28 heavy (non-hydrogen) atoms. The summed E-state index contributed by atoms with van der Waals surface area (Å²) in [7, 11) is -3.50. The first-order valence-electron chi connectivity index (χ1n) is 8.33. The topological polar surface area (TPSA) is 120 Å². The molecule has 9 nitrogen and oxygen atoms in total. The fourth-order valence-electron chi connectivity index (χ4n) is 2.48. The van der Waals surface area contributed by atoms with E-state index in [0.29, 0.717) is 11.8 Å². The first kappa shape index (κ1) is 19.9. The summed E-state index contributed by atoms with van der Waals surface area (Å²) < 4.78 is 25.6. The van der Waals surface area contributed by atoms with Crippen molar-refractivity contribution < 1.29 is 13.2 Å². The Kier molecular flexibility index (Phi) is 5.71. The van der Waals surface area contributed by atoms with Gasteiger partial charge in [0.1, 0.15) is 6.33 Å². The SMILES string of the molecule is CCS(=O)(=O)c1cc(Cl)cc(C(=O)NC(C)c2ncnn2-c2ncccn2)c1. The molecule has 0 aliphatic carbocycles. The number of halogens is 1. The quantitative estimate of drug-likeness (QED) is 0.647. The van der Waals surface area contributed by atoms with Crippen LogP contribution in [0.15, 0.2) is 47.9 Å². The van der Waals surface area contributed by atoms with Gasteiger partial charge < -0.3 is 5.32 Å². The van der Waals surface area contributed by atoms with Crippen molar-refractivity contribution in [2.24, 2.45) is 0 Å². The largest absolute Gasteiger partial charge is 0.342 e. The van der Waals surface area contributed by atoms with Crippen LogP contribution in [0.1, 0.15) is 36.1 Å². The number of carbonyl (C=O) groups is 1. The molecule has 2 heterocycles. The number of nitrogens with zero attached hydrogens (tertiary/aromatic N) is 5. The minimum absolute atomic E-state index is 0.00107. The summed E-state index contributed by atoms with van der Waals surface area (Å²) in [6, 6.07) is 5.15. The Labute approximate surface area is 166 Å². The van der Waals surface area contributed by atoms with E-state index in [4.69, 9.17) is 11.6 Å². The van der Waals surface area contributed by atoms with Gasteiger partial charge in [-0.3, -0.25) is 4.79 Å². The Morgan fingerprint density at radius 2 is 1.93 bits per heavy atom.